The Labute approximate surface area is 180 Å². The van der Waals surface area contributed by atoms with Gasteiger partial charge >= 0.3 is 0 Å². The van der Waals surface area contributed by atoms with Crippen LogP contribution in [-0.2, 0) is 21.4 Å². The van der Waals surface area contributed by atoms with Gasteiger partial charge in [0.15, 0.2) is 5.78 Å². The van der Waals surface area contributed by atoms with Gasteiger partial charge in [0.1, 0.15) is 0 Å². The van der Waals surface area contributed by atoms with Crippen molar-refractivity contribution in [3.05, 3.63) is 71.8 Å². The lowest BCUT2D eigenvalue weighted by atomic mass is 9.69. The maximum absolute atomic E-state index is 13.4. The summed E-state index contributed by atoms with van der Waals surface area (Å²) in [5.41, 5.74) is 1.93. The summed E-state index contributed by atoms with van der Waals surface area (Å²) < 4.78 is 0. The minimum absolute atomic E-state index is 0.214. The highest BCUT2D eigenvalue weighted by atomic mass is 16.2. The van der Waals surface area contributed by atoms with Crippen molar-refractivity contribution < 1.29 is 9.59 Å². The fraction of sp³-hybridized carbons (Fsp3) is 0.462. The van der Waals surface area contributed by atoms with Crippen LogP contribution in [0.3, 0.4) is 0 Å². The minimum atomic E-state index is -0.489. The molecule has 1 aliphatic rings. The molecule has 160 valence electrons. The van der Waals surface area contributed by atoms with Crippen LogP contribution in [0.5, 0.6) is 0 Å². The van der Waals surface area contributed by atoms with E-state index in [9.17, 15) is 9.59 Å². The molecule has 30 heavy (non-hydrogen) atoms. The Bertz CT molecular complexity index is 796. The zero-order valence-electron chi connectivity index (χ0n) is 18.1. The molecule has 1 N–H and O–H groups in total. The second-order valence-corrected chi connectivity index (χ2v) is 8.27. The first kappa shape index (κ1) is 22.2. The third-order valence-electron chi connectivity index (χ3n) is 6.24. The second-order valence-electron chi connectivity index (χ2n) is 8.27. The van der Waals surface area contributed by atoms with Gasteiger partial charge in [-0.3, -0.25) is 9.59 Å². The Hall–Kier alpha value is -2.46. The molecule has 2 aromatic carbocycles. The Morgan fingerprint density at radius 1 is 0.967 bits per heavy atom. The molecule has 0 spiro atoms. The fourth-order valence-electron chi connectivity index (χ4n) is 4.43. The SMILES string of the molecule is CCCC(=O)N1CCC(C(=O)CNCCCc2ccccc2)(c2ccccc2)CC1. The van der Waals surface area contributed by atoms with Crippen molar-refractivity contribution in [3.8, 4) is 0 Å². The third-order valence-corrected chi connectivity index (χ3v) is 6.24. The van der Waals surface area contributed by atoms with Gasteiger partial charge in [-0.1, -0.05) is 67.6 Å². The first-order valence-electron chi connectivity index (χ1n) is 11.3. The van der Waals surface area contributed by atoms with Gasteiger partial charge < -0.3 is 10.2 Å². The second kappa shape index (κ2) is 11.1. The summed E-state index contributed by atoms with van der Waals surface area (Å²) in [6.07, 6.45) is 4.89. The molecule has 1 saturated heterocycles. The number of carbonyl (C=O) groups is 2. The average Bonchev–Trinajstić information content (AvgIpc) is 2.80. The molecule has 0 atom stereocenters. The van der Waals surface area contributed by atoms with Crippen molar-refractivity contribution in [1.29, 1.82) is 0 Å². The van der Waals surface area contributed by atoms with E-state index in [2.05, 4.69) is 41.7 Å². The summed E-state index contributed by atoms with van der Waals surface area (Å²) in [7, 11) is 0. The van der Waals surface area contributed by atoms with Crippen LogP contribution in [0, 0.1) is 0 Å². The van der Waals surface area contributed by atoms with Gasteiger partial charge in [-0.25, -0.2) is 0 Å². The number of hydrogen-bond donors (Lipinski definition) is 1. The van der Waals surface area contributed by atoms with Crippen molar-refractivity contribution in [3.63, 3.8) is 0 Å². The third kappa shape index (κ3) is 5.57. The first-order valence-corrected chi connectivity index (χ1v) is 11.3. The van der Waals surface area contributed by atoms with Gasteiger partial charge in [0, 0.05) is 19.5 Å². The van der Waals surface area contributed by atoms with E-state index >= 15 is 0 Å². The zero-order valence-corrected chi connectivity index (χ0v) is 18.1. The molecule has 0 bridgehead atoms. The number of ketones is 1. The number of benzene rings is 2. The number of rotatable bonds is 10. The van der Waals surface area contributed by atoms with E-state index in [-0.39, 0.29) is 11.7 Å². The molecule has 1 heterocycles. The monoisotopic (exact) mass is 406 g/mol. The number of piperidine rings is 1. The summed E-state index contributed by atoms with van der Waals surface area (Å²) >= 11 is 0. The van der Waals surface area contributed by atoms with Crippen molar-refractivity contribution in [2.24, 2.45) is 0 Å². The molecular formula is C26H34N2O2. The summed E-state index contributed by atoms with van der Waals surface area (Å²) in [6.45, 7) is 4.56. The quantitative estimate of drug-likeness (QED) is 0.604. The van der Waals surface area contributed by atoms with Crippen LogP contribution in [0.15, 0.2) is 60.7 Å². The van der Waals surface area contributed by atoms with E-state index in [1.807, 2.05) is 36.1 Å². The highest BCUT2D eigenvalue weighted by molar-refractivity contribution is 5.92. The molecule has 1 fully saturated rings. The lowest BCUT2D eigenvalue weighted by Gasteiger charge is -2.41. The number of Topliss-reactive ketones (excluding diaryl/α,β-unsaturated/α-hetero) is 1. The van der Waals surface area contributed by atoms with E-state index in [0.717, 1.165) is 31.4 Å². The van der Waals surface area contributed by atoms with Gasteiger partial charge in [0.25, 0.3) is 0 Å². The molecule has 4 nitrogen and oxygen atoms in total. The maximum Gasteiger partial charge on any atom is 0.222 e. The van der Waals surface area contributed by atoms with Gasteiger partial charge in [0.2, 0.25) is 5.91 Å². The molecule has 0 saturated carbocycles. The Morgan fingerprint density at radius 2 is 1.60 bits per heavy atom. The first-order chi connectivity index (χ1) is 14.7. The summed E-state index contributed by atoms with van der Waals surface area (Å²) in [6, 6.07) is 20.6. The normalized spacial score (nSPS) is 15.7. The van der Waals surface area contributed by atoms with E-state index in [1.165, 1.54) is 5.56 Å². The summed E-state index contributed by atoms with van der Waals surface area (Å²) in [4.78, 5) is 27.6. The Kier molecular flexibility index (Phi) is 8.21. The molecule has 0 unspecified atom stereocenters. The maximum atomic E-state index is 13.4. The Morgan fingerprint density at radius 3 is 2.23 bits per heavy atom. The highest BCUT2D eigenvalue weighted by Gasteiger charge is 2.42. The van der Waals surface area contributed by atoms with E-state index in [1.54, 1.807) is 0 Å². The van der Waals surface area contributed by atoms with E-state index in [0.29, 0.717) is 38.9 Å². The van der Waals surface area contributed by atoms with Gasteiger partial charge in [-0.05, 0) is 49.8 Å². The molecule has 0 radical (unpaired) electrons. The predicted molar refractivity (Wildman–Crippen MR) is 121 cm³/mol. The number of likely N-dealkylation sites (tertiary alicyclic amines) is 1. The lowest BCUT2D eigenvalue weighted by Crippen LogP contribution is -2.51. The van der Waals surface area contributed by atoms with Crippen LogP contribution >= 0.6 is 0 Å². The van der Waals surface area contributed by atoms with Gasteiger partial charge in [0.05, 0.1) is 12.0 Å². The van der Waals surface area contributed by atoms with Crippen molar-refractivity contribution in [1.82, 2.24) is 10.2 Å². The molecule has 2 aromatic rings. The molecule has 3 rings (SSSR count). The van der Waals surface area contributed by atoms with Crippen LogP contribution in [0.4, 0.5) is 0 Å². The summed E-state index contributed by atoms with van der Waals surface area (Å²) in [5.74, 6) is 0.460. The van der Waals surface area contributed by atoms with Crippen LogP contribution in [0.2, 0.25) is 0 Å². The van der Waals surface area contributed by atoms with E-state index in [4.69, 9.17) is 0 Å². The predicted octanol–water partition coefficient (Wildman–Crippen LogP) is 4.14. The number of carbonyl (C=O) groups excluding carboxylic acids is 2. The van der Waals surface area contributed by atoms with Crippen molar-refractivity contribution in [2.75, 3.05) is 26.2 Å². The highest BCUT2D eigenvalue weighted by Crippen LogP contribution is 2.36. The molecule has 1 aliphatic heterocycles. The van der Waals surface area contributed by atoms with Gasteiger partial charge in [-0.15, -0.1) is 0 Å². The smallest absolute Gasteiger partial charge is 0.222 e. The van der Waals surface area contributed by atoms with Crippen LogP contribution in [-0.4, -0.2) is 42.8 Å². The van der Waals surface area contributed by atoms with Crippen molar-refractivity contribution >= 4 is 11.7 Å². The molecular weight excluding hydrogens is 372 g/mol. The molecule has 0 aromatic heterocycles. The number of nitrogens with one attached hydrogen (secondary N) is 1. The molecule has 0 aliphatic carbocycles. The minimum Gasteiger partial charge on any atom is -0.343 e. The van der Waals surface area contributed by atoms with Crippen LogP contribution in [0.1, 0.15) is 50.2 Å². The van der Waals surface area contributed by atoms with Crippen LogP contribution in [0.25, 0.3) is 0 Å². The standard InChI is InChI=1S/C26H34N2O2/c1-2-10-25(30)28-19-16-26(17-20-28,23-14-7-4-8-15-23)24(29)21-27-18-9-13-22-11-5-3-6-12-22/h3-8,11-12,14-15,27H,2,9-10,13,16-21H2,1H3. The number of nitrogens with zero attached hydrogens (tertiary/aromatic N) is 1. The van der Waals surface area contributed by atoms with Crippen molar-refractivity contribution in [2.45, 2.75) is 50.9 Å². The number of aryl methyl sites for hydroxylation is 1. The Balaban J connectivity index is 1.58. The zero-order chi connectivity index (χ0) is 21.2. The average molecular weight is 407 g/mol. The largest absolute Gasteiger partial charge is 0.343 e. The van der Waals surface area contributed by atoms with Crippen LogP contribution < -0.4 is 5.32 Å². The number of hydrogen-bond acceptors (Lipinski definition) is 3. The lowest BCUT2D eigenvalue weighted by molar-refractivity contribution is -0.136. The summed E-state index contributed by atoms with van der Waals surface area (Å²) in [5, 5.41) is 3.37. The van der Waals surface area contributed by atoms with Gasteiger partial charge in [-0.2, -0.15) is 0 Å². The molecule has 1 amide bonds. The number of amides is 1. The fourth-order valence-corrected chi connectivity index (χ4v) is 4.43. The molecule has 4 heteroatoms. The van der Waals surface area contributed by atoms with E-state index < -0.39 is 5.41 Å². The topological polar surface area (TPSA) is 49.4 Å².